The summed E-state index contributed by atoms with van der Waals surface area (Å²) >= 11 is 0. The molecule has 0 aliphatic carbocycles. The van der Waals surface area contributed by atoms with Crippen molar-refractivity contribution in [3.63, 3.8) is 0 Å². The minimum absolute atomic E-state index is 0. The van der Waals surface area contributed by atoms with Gasteiger partial charge in [0, 0.05) is 37.6 Å². The van der Waals surface area contributed by atoms with Crippen molar-refractivity contribution in [1.82, 2.24) is 9.80 Å². The lowest BCUT2D eigenvalue weighted by Gasteiger charge is -2.29. The summed E-state index contributed by atoms with van der Waals surface area (Å²) in [7, 11) is -2.99. The Morgan fingerprint density at radius 1 is 1.27 bits per heavy atom. The highest BCUT2D eigenvalue weighted by Crippen LogP contribution is 2.26. The number of carbonyl (C=O) groups excluding carboxylic acids is 1. The Morgan fingerprint density at radius 2 is 1.96 bits per heavy atom. The van der Waals surface area contributed by atoms with Gasteiger partial charge in [0.15, 0.2) is 9.84 Å². The van der Waals surface area contributed by atoms with E-state index in [2.05, 4.69) is 17.0 Å². The predicted octanol–water partition coefficient (Wildman–Crippen LogP) is 0.871. The molecule has 146 valence electrons. The van der Waals surface area contributed by atoms with Crippen LogP contribution in [0, 0.1) is 0 Å². The minimum atomic E-state index is -2.99. The molecule has 0 spiro atoms. The lowest BCUT2D eigenvalue weighted by atomic mass is 9.95. The van der Waals surface area contributed by atoms with E-state index in [4.69, 9.17) is 5.73 Å². The first-order valence-electron chi connectivity index (χ1n) is 8.92. The van der Waals surface area contributed by atoms with E-state index < -0.39 is 9.84 Å². The van der Waals surface area contributed by atoms with Gasteiger partial charge >= 0.3 is 0 Å². The van der Waals surface area contributed by atoms with Gasteiger partial charge in [0.2, 0.25) is 5.91 Å². The van der Waals surface area contributed by atoms with Gasteiger partial charge in [0.1, 0.15) is 0 Å². The summed E-state index contributed by atoms with van der Waals surface area (Å²) in [6, 6.07) is 10.0. The van der Waals surface area contributed by atoms with E-state index in [1.165, 1.54) is 5.56 Å². The SMILES string of the molecule is CCN(C(=O)CN1C[C@@H](N)[C@H](c2ccccc2)C1)C1CCS(=O)(=O)C1.Cl. The second-order valence-electron chi connectivity index (χ2n) is 7.11. The first kappa shape index (κ1) is 21.2. The number of likely N-dealkylation sites (N-methyl/N-ethyl adjacent to an activating group) is 1. The number of amides is 1. The summed E-state index contributed by atoms with van der Waals surface area (Å²) in [5, 5.41) is 0. The number of nitrogens with two attached hydrogens (primary N) is 1. The van der Waals surface area contributed by atoms with E-state index in [0.29, 0.717) is 26.1 Å². The molecule has 26 heavy (non-hydrogen) atoms. The van der Waals surface area contributed by atoms with E-state index in [1.807, 2.05) is 25.1 Å². The molecule has 1 unspecified atom stereocenters. The fourth-order valence-electron chi connectivity index (χ4n) is 4.04. The molecule has 0 bridgehead atoms. The van der Waals surface area contributed by atoms with Crippen molar-refractivity contribution in [3.05, 3.63) is 35.9 Å². The third kappa shape index (κ3) is 4.76. The molecular formula is C18H28ClN3O3S. The lowest BCUT2D eigenvalue weighted by Crippen LogP contribution is -2.46. The van der Waals surface area contributed by atoms with Crippen molar-refractivity contribution >= 4 is 28.2 Å². The third-order valence-electron chi connectivity index (χ3n) is 5.34. The van der Waals surface area contributed by atoms with Crippen LogP contribution in [0.15, 0.2) is 30.3 Å². The van der Waals surface area contributed by atoms with Crippen molar-refractivity contribution in [2.75, 3.05) is 37.7 Å². The van der Waals surface area contributed by atoms with Gasteiger partial charge in [-0.05, 0) is 18.9 Å². The van der Waals surface area contributed by atoms with E-state index in [1.54, 1.807) is 4.90 Å². The van der Waals surface area contributed by atoms with Gasteiger partial charge in [-0.3, -0.25) is 9.69 Å². The van der Waals surface area contributed by atoms with Gasteiger partial charge in [-0.15, -0.1) is 12.4 Å². The lowest BCUT2D eigenvalue weighted by molar-refractivity contribution is -0.133. The molecule has 3 rings (SSSR count). The summed E-state index contributed by atoms with van der Waals surface area (Å²) < 4.78 is 23.4. The first-order chi connectivity index (χ1) is 11.9. The summed E-state index contributed by atoms with van der Waals surface area (Å²) in [5.41, 5.74) is 7.51. The monoisotopic (exact) mass is 401 g/mol. The fraction of sp³-hybridized carbons (Fsp3) is 0.611. The number of hydrogen-bond donors (Lipinski definition) is 1. The largest absolute Gasteiger partial charge is 0.338 e. The van der Waals surface area contributed by atoms with Crippen LogP contribution >= 0.6 is 12.4 Å². The molecule has 8 heteroatoms. The van der Waals surface area contributed by atoms with Gasteiger partial charge in [0.25, 0.3) is 0 Å². The summed E-state index contributed by atoms with van der Waals surface area (Å²) in [6.45, 7) is 4.21. The van der Waals surface area contributed by atoms with Crippen LogP contribution in [-0.4, -0.2) is 73.9 Å². The number of sulfone groups is 1. The Hall–Kier alpha value is -1.15. The highest BCUT2D eigenvalue weighted by Gasteiger charge is 2.36. The molecule has 1 amide bonds. The van der Waals surface area contributed by atoms with Gasteiger partial charge in [0.05, 0.1) is 18.1 Å². The number of likely N-dealkylation sites (tertiary alicyclic amines) is 1. The van der Waals surface area contributed by atoms with E-state index in [0.717, 1.165) is 6.54 Å². The van der Waals surface area contributed by atoms with Crippen LogP contribution in [0.3, 0.4) is 0 Å². The van der Waals surface area contributed by atoms with Crippen molar-refractivity contribution in [2.24, 2.45) is 5.73 Å². The third-order valence-corrected chi connectivity index (χ3v) is 7.09. The number of benzene rings is 1. The second kappa shape index (κ2) is 8.69. The quantitative estimate of drug-likeness (QED) is 0.791. The molecule has 2 fully saturated rings. The van der Waals surface area contributed by atoms with Crippen LogP contribution in [-0.2, 0) is 14.6 Å². The number of carbonyl (C=O) groups is 1. The standard InChI is InChI=1S/C18H27N3O3S.ClH/c1-2-21(15-8-9-25(23,24)13-15)18(22)12-20-10-16(17(19)11-20)14-6-4-3-5-7-14;/h3-7,15-17H,2,8-13,19H2,1H3;1H/t15?,16-,17+;/m0./s1. The van der Waals surface area contributed by atoms with Gasteiger partial charge in [-0.2, -0.15) is 0 Å². The zero-order valence-electron chi connectivity index (χ0n) is 15.1. The molecule has 2 saturated heterocycles. The minimum Gasteiger partial charge on any atom is -0.338 e. The molecular weight excluding hydrogens is 374 g/mol. The predicted molar refractivity (Wildman–Crippen MR) is 105 cm³/mol. The van der Waals surface area contributed by atoms with E-state index in [-0.39, 0.29) is 47.8 Å². The Bertz CT molecular complexity index is 714. The zero-order valence-corrected chi connectivity index (χ0v) is 16.7. The van der Waals surface area contributed by atoms with Crippen LogP contribution in [0.25, 0.3) is 0 Å². The molecule has 0 saturated carbocycles. The maximum Gasteiger partial charge on any atom is 0.237 e. The number of halogens is 1. The molecule has 6 nitrogen and oxygen atoms in total. The fourth-order valence-corrected chi connectivity index (χ4v) is 5.77. The highest BCUT2D eigenvalue weighted by molar-refractivity contribution is 7.91. The zero-order chi connectivity index (χ0) is 18.0. The van der Waals surface area contributed by atoms with Crippen LogP contribution in [0.4, 0.5) is 0 Å². The molecule has 0 radical (unpaired) electrons. The summed E-state index contributed by atoms with van der Waals surface area (Å²) in [6.07, 6.45) is 0.550. The van der Waals surface area contributed by atoms with Crippen molar-refractivity contribution in [2.45, 2.75) is 31.3 Å². The molecule has 1 aromatic carbocycles. The average molecular weight is 402 g/mol. The first-order valence-corrected chi connectivity index (χ1v) is 10.7. The van der Waals surface area contributed by atoms with Crippen LogP contribution in [0.1, 0.15) is 24.8 Å². The maximum atomic E-state index is 12.7. The Balaban J connectivity index is 0.00000243. The van der Waals surface area contributed by atoms with E-state index >= 15 is 0 Å². The van der Waals surface area contributed by atoms with Crippen LogP contribution in [0.5, 0.6) is 0 Å². The molecule has 1 aromatic rings. The summed E-state index contributed by atoms with van der Waals surface area (Å²) in [4.78, 5) is 16.5. The van der Waals surface area contributed by atoms with Gasteiger partial charge in [-0.25, -0.2) is 8.42 Å². The topological polar surface area (TPSA) is 83.7 Å². The van der Waals surface area contributed by atoms with E-state index in [9.17, 15) is 13.2 Å². The second-order valence-corrected chi connectivity index (χ2v) is 9.34. The molecule has 2 aliphatic rings. The molecule has 2 N–H and O–H groups in total. The van der Waals surface area contributed by atoms with Gasteiger partial charge in [-0.1, -0.05) is 30.3 Å². The van der Waals surface area contributed by atoms with Crippen LogP contribution < -0.4 is 5.73 Å². The molecule has 2 heterocycles. The highest BCUT2D eigenvalue weighted by atomic mass is 35.5. The number of rotatable bonds is 5. The molecule has 0 aromatic heterocycles. The summed E-state index contributed by atoms with van der Waals surface area (Å²) in [5.74, 6) is 0.520. The normalized spacial score (nSPS) is 27.8. The molecule has 3 atom stereocenters. The van der Waals surface area contributed by atoms with Crippen molar-refractivity contribution in [1.29, 1.82) is 0 Å². The van der Waals surface area contributed by atoms with Crippen molar-refractivity contribution < 1.29 is 13.2 Å². The Labute approximate surface area is 162 Å². The van der Waals surface area contributed by atoms with Crippen LogP contribution in [0.2, 0.25) is 0 Å². The number of nitrogens with zero attached hydrogens (tertiary/aromatic N) is 2. The smallest absolute Gasteiger partial charge is 0.237 e. The number of hydrogen-bond acceptors (Lipinski definition) is 5. The maximum absolute atomic E-state index is 12.7. The Kier molecular flexibility index (Phi) is 7.07. The average Bonchev–Trinajstić information content (AvgIpc) is 3.11. The Morgan fingerprint density at radius 3 is 2.54 bits per heavy atom. The van der Waals surface area contributed by atoms with Crippen molar-refractivity contribution in [3.8, 4) is 0 Å². The molecule has 2 aliphatic heterocycles. The van der Waals surface area contributed by atoms with Gasteiger partial charge < -0.3 is 10.6 Å².